The molecule has 0 aliphatic rings. The summed E-state index contributed by atoms with van der Waals surface area (Å²) < 4.78 is 26.3. The van der Waals surface area contributed by atoms with E-state index in [-0.39, 0.29) is 18.5 Å². The van der Waals surface area contributed by atoms with E-state index >= 15 is 0 Å². The molecule has 9 heteroatoms. The van der Waals surface area contributed by atoms with Gasteiger partial charge in [0.1, 0.15) is 12.6 Å². The Morgan fingerprint density at radius 3 is 2.24 bits per heavy atom. The van der Waals surface area contributed by atoms with Crippen molar-refractivity contribution >= 4 is 39.1 Å². The van der Waals surface area contributed by atoms with Crippen LogP contribution in [-0.2, 0) is 26.0 Å². The van der Waals surface area contributed by atoms with E-state index in [2.05, 4.69) is 5.32 Å². The zero-order chi connectivity index (χ0) is 24.8. The van der Waals surface area contributed by atoms with Crippen LogP contribution in [0.2, 0.25) is 5.02 Å². The van der Waals surface area contributed by atoms with Gasteiger partial charge >= 0.3 is 0 Å². The molecule has 2 aromatic rings. The van der Waals surface area contributed by atoms with Gasteiger partial charge in [-0.25, -0.2) is 8.42 Å². The van der Waals surface area contributed by atoms with Crippen molar-refractivity contribution in [1.29, 1.82) is 0 Å². The number of carbonyl (C=O) groups excluding carboxylic acids is 2. The predicted molar refractivity (Wildman–Crippen MR) is 133 cm³/mol. The number of carbonyl (C=O) groups is 2. The molecule has 1 N–H and O–H groups in total. The van der Waals surface area contributed by atoms with Crippen LogP contribution in [0.25, 0.3) is 0 Å². The summed E-state index contributed by atoms with van der Waals surface area (Å²) in [6.07, 6.45) is 1.57. The van der Waals surface area contributed by atoms with E-state index < -0.39 is 28.5 Å². The van der Waals surface area contributed by atoms with Crippen molar-refractivity contribution in [1.82, 2.24) is 10.2 Å². The summed E-state index contributed by atoms with van der Waals surface area (Å²) in [4.78, 5) is 27.6. The van der Waals surface area contributed by atoms with Crippen LogP contribution in [0.3, 0.4) is 0 Å². The van der Waals surface area contributed by atoms with E-state index in [1.54, 1.807) is 32.0 Å². The standard InChI is InChI=1S/C24H32ClN3O4S/c1-17(2)26-24(30)19(4)27(15-14-20-10-7-6-8-11-20)23(29)16-28(33(5,31)32)22-13-9-12-21(25)18(22)3/h6-13,17,19H,14-16H2,1-5H3,(H,26,30)/t19-/m1/s1. The largest absolute Gasteiger partial charge is 0.352 e. The summed E-state index contributed by atoms with van der Waals surface area (Å²) in [5, 5.41) is 3.23. The number of rotatable bonds is 10. The molecular weight excluding hydrogens is 462 g/mol. The number of benzene rings is 2. The third-order valence-electron chi connectivity index (χ3n) is 5.27. The van der Waals surface area contributed by atoms with Crippen molar-refractivity contribution in [3.63, 3.8) is 0 Å². The van der Waals surface area contributed by atoms with Gasteiger partial charge in [-0.15, -0.1) is 0 Å². The zero-order valence-electron chi connectivity index (χ0n) is 19.7. The monoisotopic (exact) mass is 493 g/mol. The molecule has 2 aromatic carbocycles. The molecule has 0 fully saturated rings. The molecule has 180 valence electrons. The lowest BCUT2D eigenvalue weighted by Gasteiger charge is -2.32. The first-order valence-corrected chi connectivity index (χ1v) is 13.0. The van der Waals surface area contributed by atoms with Crippen LogP contribution >= 0.6 is 11.6 Å². The lowest BCUT2D eigenvalue weighted by Crippen LogP contribution is -2.53. The Morgan fingerprint density at radius 1 is 1.03 bits per heavy atom. The lowest BCUT2D eigenvalue weighted by molar-refractivity contribution is -0.139. The van der Waals surface area contributed by atoms with Crippen LogP contribution in [0.15, 0.2) is 48.5 Å². The van der Waals surface area contributed by atoms with Crippen LogP contribution in [0.4, 0.5) is 5.69 Å². The number of hydrogen-bond acceptors (Lipinski definition) is 4. The van der Waals surface area contributed by atoms with E-state index in [0.717, 1.165) is 16.1 Å². The van der Waals surface area contributed by atoms with Gasteiger partial charge in [0.05, 0.1) is 11.9 Å². The zero-order valence-corrected chi connectivity index (χ0v) is 21.3. The van der Waals surface area contributed by atoms with Crippen LogP contribution < -0.4 is 9.62 Å². The van der Waals surface area contributed by atoms with Gasteiger partial charge in [0.25, 0.3) is 0 Å². The molecular formula is C24H32ClN3O4S. The molecule has 7 nitrogen and oxygen atoms in total. The topological polar surface area (TPSA) is 86.8 Å². The quantitative estimate of drug-likeness (QED) is 0.549. The fraction of sp³-hybridized carbons (Fsp3) is 0.417. The Balaban J connectivity index is 2.35. The Morgan fingerprint density at radius 2 is 1.67 bits per heavy atom. The van der Waals surface area contributed by atoms with Gasteiger partial charge < -0.3 is 10.2 Å². The van der Waals surface area contributed by atoms with Crippen molar-refractivity contribution in [2.24, 2.45) is 0 Å². The van der Waals surface area contributed by atoms with E-state index in [0.29, 0.717) is 22.7 Å². The summed E-state index contributed by atoms with van der Waals surface area (Å²) in [7, 11) is -3.79. The van der Waals surface area contributed by atoms with Crippen molar-refractivity contribution in [2.45, 2.75) is 46.2 Å². The highest BCUT2D eigenvalue weighted by Crippen LogP contribution is 2.28. The Kier molecular flexibility index (Phi) is 9.31. The number of anilines is 1. The van der Waals surface area contributed by atoms with Gasteiger partial charge in [-0.2, -0.15) is 0 Å². The van der Waals surface area contributed by atoms with E-state index in [1.807, 2.05) is 44.2 Å². The lowest BCUT2D eigenvalue weighted by atomic mass is 10.1. The molecule has 2 amide bonds. The predicted octanol–water partition coefficient (Wildman–Crippen LogP) is 3.40. The van der Waals surface area contributed by atoms with Crippen molar-refractivity contribution in [3.8, 4) is 0 Å². The summed E-state index contributed by atoms with van der Waals surface area (Å²) in [5.74, 6) is -0.765. The summed E-state index contributed by atoms with van der Waals surface area (Å²) >= 11 is 6.20. The number of hydrogen-bond donors (Lipinski definition) is 1. The number of nitrogens with zero attached hydrogens (tertiary/aromatic N) is 2. The molecule has 0 unspecified atom stereocenters. The minimum atomic E-state index is -3.79. The molecule has 33 heavy (non-hydrogen) atoms. The van der Waals surface area contributed by atoms with Gasteiger partial charge in [0.15, 0.2) is 0 Å². The highest BCUT2D eigenvalue weighted by Gasteiger charge is 2.30. The molecule has 0 aromatic heterocycles. The number of nitrogens with one attached hydrogen (secondary N) is 1. The smallest absolute Gasteiger partial charge is 0.244 e. The summed E-state index contributed by atoms with van der Waals surface area (Å²) in [6.45, 7) is 6.86. The molecule has 0 radical (unpaired) electrons. The Bertz CT molecular complexity index is 1070. The SMILES string of the molecule is Cc1c(Cl)cccc1N(CC(=O)N(CCc1ccccc1)[C@H](C)C(=O)NC(C)C)S(C)(=O)=O. The first-order chi connectivity index (χ1) is 15.4. The molecule has 0 aliphatic heterocycles. The second kappa shape index (κ2) is 11.5. The van der Waals surface area contributed by atoms with Crippen molar-refractivity contribution in [2.75, 3.05) is 23.7 Å². The van der Waals surface area contributed by atoms with Crippen LogP contribution in [0.5, 0.6) is 0 Å². The van der Waals surface area contributed by atoms with Crippen LogP contribution in [-0.4, -0.2) is 56.6 Å². The number of halogens is 1. The molecule has 2 rings (SSSR count). The molecule has 0 saturated heterocycles. The first kappa shape index (κ1) is 26.7. The molecule has 0 saturated carbocycles. The second-order valence-electron chi connectivity index (χ2n) is 8.32. The van der Waals surface area contributed by atoms with Crippen LogP contribution in [0.1, 0.15) is 31.9 Å². The van der Waals surface area contributed by atoms with E-state index in [4.69, 9.17) is 11.6 Å². The molecule has 1 atom stereocenters. The van der Waals surface area contributed by atoms with Gasteiger partial charge in [-0.1, -0.05) is 48.0 Å². The van der Waals surface area contributed by atoms with Gasteiger partial charge in [0, 0.05) is 17.6 Å². The molecule has 0 bridgehead atoms. The minimum Gasteiger partial charge on any atom is -0.352 e. The van der Waals surface area contributed by atoms with Gasteiger partial charge in [-0.3, -0.25) is 13.9 Å². The fourth-order valence-electron chi connectivity index (χ4n) is 3.44. The third kappa shape index (κ3) is 7.47. The van der Waals surface area contributed by atoms with E-state index in [1.165, 1.54) is 4.90 Å². The summed E-state index contributed by atoms with van der Waals surface area (Å²) in [5.41, 5.74) is 1.90. The summed E-state index contributed by atoms with van der Waals surface area (Å²) in [6, 6.07) is 13.7. The highest BCUT2D eigenvalue weighted by molar-refractivity contribution is 7.92. The average Bonchev–Trinajstić information content (AvgIpc) is 2.73. The minimum absolute atomic E-state index is 0.0901. The Labute approximate surface area is 201 Å². The number of sulfonamides is 1. The van der Waals surface area contributed by atoms with Crippen LogP contribution in [0, 0.1) is 6.92 Å². The molecule has 0 aliphatic carbocycles. The molecule has 0 spiro atoms. The Hall–Kier alpha value is -2.58. The van der Waals surface area contributed by atoms with Gasteiger partial charge in [-0.05, 0) is 57.4 Å². The second-order valence-corrected chi connectivity index (χ2v) is 10.6. The first-order valence-electron chi connectivity index (χ1n) is 10.8. The van der Waals surface area contributed by atoms with Gasteiger partial charge in [0.2, 0.25) is 21.8 Å². The van der Waals surface area contributed by atoms with E-state index in [9.17, 15) is 18.0 Å². The normalized spacial score (nSPS) is 12.3. The van der Waals surface area contributed by atoms with Crippen molar-refractivity contribution in [3.05, 3.63) is 64.7 Å². The molecule has 0 heterocycles. The number of amides is 2. The fourth-order valence-corrected chi connectivity index (χ4v) is 4.51. The van der Waals surface area contributed by atoms with Crippen molar-refractivity contribution < 1.29 is 18.0 Å². The maximum Gasteiger partial charge on any atom is 0.244 e. The average molecular weight is 494 g/mol. The maximum absolute atomic E-state index is 13.4. The third-order valence-corrected chi connectivity index (χ3v) is 6.81. The highest BCUT2D eigenvalue weighted by atomic mass is 35.5. The maximum atomic E-state index is 13.4.